The first kappa shape index (κ1) is 16.4. The first-order valence-electron chi connectivity index (χ1n) is 8.05. The number of rotatable bonds is 4. The van der Waals surface area contributed by atoms with Crippen LogP contribution in [0.15, 0.2) is 65.1 Å². The third kappa shape index (κ3) is 3.09. The molecular formula is C20H15ClN2O3. The summed E-state index contributed by atoms with van der Waals surface area (Å²) in [5.74, 6) is 0.301. The number of benzene rings is 1. The minimum absolute atomic E-state index is 0.172. The van der Waals surface area contributed by atoms with E-state index < -0.39 is 5.97 Å². The summed E-state index contributed by atoms with van der Waals surface area (Å²) in [5, 5.41) is 5.32. The summed E-state index contributed by atoms with van der Waals surface area (Å²) in [6, 6.07) is 19.0. The molecule has 0 saturated carbocycles. The van der Waals surface area contributed by atoms with E-state index in [9.17, 15) is 4.79 Å². The number of carbonyl (C=O) groups excluding carboxylic acids is 1. The van der Waals surface area contributed by atoms with Gasteiger partial charge in [-0.2, -0.15) is 5.10 Å². The molecule has 6 heteroatoms. The van der Waals surface area contributed by atoms with Gasteiger partial charge in [-0.15, -0.1) is 0 Å². The van der Waals surface area contributed by atoms with E-state index in [0.29, 0.717) is 17.2 Å². The fraction of sp³-hybridized carbons (Fsp3) is 0.100. The van der Waals surface area contributed by atoms with Crippen molar-refractivity contribution < 1.29 is 13.9 Å². The summed E-state index contributed by atoms with van der Waals surface area (Å²) in [6.45, 7) is 0. The lowest BCUT2D eigenvalue weighted by Crippen LogP contribution is -2.00. The number of methoxy groups -OCH3 is 1. The Morgan fingerprint density at radius 1 is 1.15 bits per heavy atom. The van der Waals surface area contributed by atoms with E-state index in [1.165, 1.54) is 7.11 Å². The molecule has 0 spiro atoms. The van der Waals surface area contributed by atoms with E-state index >= 15 is 0 Å². The van der Waals surface area contributed by atoms with Crippen molar-refractivity contribution in [1.29, 1.82) is 0 Å². The number of ether oxygens (including phenoxy) is 1. The van der Waals surface area contributed by atoms with E-state index in [0.717, 1.165) is 22.5 Å². The highest BCUT2D eigenvalue weighted by Crippen LogP contribution is 2.25. The zero-order valence-corrected chi connectivity index (χ0v) is 14.7. The molecule has 0 fully saturated rings. The molecule has 0 aliphatic carbocycles. The highest BCUT2D eigenvalue weighted by atomic mass is 35.5. The maximum Gasteiger partial charge on any atom is 0.373 e. The first-order valence-corrected chi connectivity index (χ1v) is 8.42. The number of fused-ring (bicyclic) bond motifs is 1. The Kier molecular flexibility index (Phi) is 4.22. The minimum atomic E-state index is -0.502. The van der Waals surface area contributed by atoms with E-state index in [4.69, 9.17) is 21.1 Å². The third-order valence-corrected chi connectivity index (χ3v) is 4.29. The highest BCUT2D eigenvalue weighted by Gasteiger charge is 2.14. The number of hydrogen-bond acceptors (Lipinski definition) is 4. The van der Waals surface area contributed by atoms with Crippen molar-refractivity contribution in [3.05, 3.63) is 82.9 Å². The van der Waals surface area contributed by atoms with Crippen molar-refractivity contribution in [2.75, 3.05) is 7.11 Å². The average molecular weight is 367 g/mol. The zero-order valence-electron chi connectivity index (χ0n) is 14.0. The van der Waals surface area contributed by atoms with Crippen molar-refractivity contribution in [2.45, 2.75) is 6.42 Å². The topological polar surface area (TPSA) is 56.7 Å². The fourth-order valence-corrected chi connectivity index (χ4v) is 3.11. The lowest BCUT2D eigenvalue weighted by Gasteiger charge is -2.04. The second kappa shape index (κ2) is 6.69. The van der Waals surface area contributed by atoms with E-state index in [1.54, 1.807) is 12.1 Å². The van der Waals surface area contributed by atoms with Crippen molar-refractivity contribution in [3.8, 4) is 11.3 Å². The zero-order chi connectivity index (χ0) is 18.1. The Bertz CT molecular complexity index is 1080. The molecule has 0 aliphatic heterocycles. The maximum absolute atomic E-state index is 11.6. The molecule has 1 aromatic carbocycles. The van der Waals surface area contributed by atoms with Gasteiger partial charge in [0, 0.05) is 17.0 Å². The van der Waals surface area contributed by atoms with Crippen LogP contribution in [0.3, 0.4) is 0 Å². The molecule has 26 heavy (non-hydrogen) atoms. The molecule has 3 aromatic heterocycles. The van der Waals surface area contributed by atoms with Crippen LogP contribution in [0.5, 0.6) is 0 Å². The molecule has 5 nitrogen and oxygen atoms in total. The Balaban J connectivity index is 1.73. The van der Waals surface area contributed by atoms with Crippen molar-refractivity contribution in [2.24, 2.45) is 0 Å². The first-order chi connectivity index (χ1) is 12.6. The summed E-state index contributed by atoms with van der Waals surface area (Å²) in [5.41, 5.74) is 3.65. The molecule has 4 aromatic rings. The number of furan rings is 1. The summed E-state index contributed by atoms with van der Waals surface area (Å²) >= 11 is 6.28. The molecule has 0 unspecified atom stereocenters. The molecule has 3 heterocycles. The molecule has 0 bridgehead atoms. The van der Waals surface area contributed by atoms with Gasteiger partial charge in [0.25, 0.3) is 0 Å². The third-order valence-electron chi connectivity index (χ3n) is 4.07. The second-order valence-corrected chi connectivity index (χ2v) is 6.27. The summed E-state index contributed by atoms with van der Waals surface area (Å²) in [7, 11) is 1.32. The molecule has 4 rings (SSSR count). The van der Waals surface area contributed by atoms with Crippen LogP contribution in [-0.4, -0.2) is 22.7 Å². The standard InChI is InChI=1S/C20H15ClN2O3/c1-25-20(24)19-8-7-17(26-19)11-15-9-14(21)10-16-12-18(22-23(15)16)13-5-3-2-4-6-13/h2-10,12H,11H2,1H3. The lowest BCUT2D eigenvalue weighted by atomic mass is 10.1. The van der Waals surface area contributed by atoms with Crippen LogP contribution in [-0.2, 0) is 11.2 Å². The van der Waals surface area contributed by atoms with Gasteiger partial charge >= 0.3 is 5.97 Å². The molecule has 130 valence electrons. The quantitative estimate of drug-likeness (QED) is 0.494. The molecule has 0 N–H and O–H groups in total. The van der Waals surface area contributed by atoms with E-state index in [-0.39, 0.29) is 5.76 Å². The number of esters is 1. The van der Waals surface area contributed by atoms with Gasteiger partial charge in [-0.25, -0.2) is 9.31 Å². The molecule has 0 radical (unpaired) electrons. The minimum Gasteiger partial charge on any atom is -0.463 e. The van der Waals surface area contributed by atoms with Crippen LogP contribution in [0.25, 0.3) is 16.8 Å². The summed E-state index contributed by atoms with van der Waals surface area (Å²) in [6.07, 6.45) is 0.448. The molecule has 0 aliphatic rings. The van der Waals surface area contributed by atoms with Crippen LogP contribution in [0.1, 0.15) is 22.0 Å². The average Bonchev–Trinajstić information content (AvgIpc) is 3.29. The van der Waals surface area contributed by atoms with Gasteiger partial charge in [0.15, 0.2) is 0 Å². The van der Waals surface area contributed by atoms with Crippen molar-refractivity contribution in [3.63, 3.8) is 0 Å². The fourth-order valence-electron chi connectivity index (χ4n) is 2.87. The van der Waals surface area contributed by atoms with Crippen LogP contribution >= 0.6 is 11.6 Å². The predicted octanol–water partition coefficient (Wildman–Crippen LogP) is 4.63. The number of nitrogens with zero attached hydrogens (tertiary/aromatic N) is 2. The molecule has 0 saturated heterocycles. The smallest absolute Gasteiger partial charge is 0.373 e. The van der Waals surface area contributed by atoms with Crippen LogP contribution < -0.4 is 0 Å². The van der Waals surface area contributed by atoms with E-state index in [2.05, 4.69) is 4.74 Å². The number of hydrogen-bond donors (Lipinski definition) is 0. The second-order valence-electron chi connectivity index (χ2n) is 5.83. The van der Waals surface area contributed by atoms with Gasteiger partial charge in [0.05, 0.1) is 24.0 Å². The largest absolute Gasteiger partial charge is 0.463 e. The van der Waals surface area contributed by atoms with Gasteiger partial charge in [-0.1, -0.05) is 41.9 Å². The van der Waals surface area contributed by atoms with Gasteiger partial charge in [0.1, 0.15) is 5.76 Å². The maximum atomic E-state index is 11.6. The van der Waals surface area contributed by atoms with Gasteiger partial charge in [0.2, 0.25) is 5.76 Å². The lowest BCUT2D eigenvalue weighted by molar-refractivity contribution is 0.0563. The Hall–Kier alpha value is -3.05. The monoisotopic (exact) mass is 366 g/mol. The van der Waals surface area contributed by atoms with Gasteiger partial charge < -0.3 is 9.15 Å². The number of carbonyl (C=O) groups is 1. The number of aromatic nitrogens is 2. The van der Waals surface area contributed by atoms with E-state index in [1.807, 2.05) is 53.0 Å². The van der Waals surface area contributed by atoms with Crippen LogP contribution in [0, 0.1) is 0 Å². The summed E-state index contributed by atoms with van der Waals surface area (Å²) < 4.78 is 12.1. The highest BCUT2D eigenvalue weighted by molar-refractivity contribution is 6.31. The molecular weight excluding hydrogens is 352 g/mol. The Labute approximate surface area is 154 Å². The number of pyridine rings is 1. The van der Waals surface area contributed by atoms with Crippen LogP contribution in [0.2, 0.25) is 5.02 Å². The Morgan fingerprint density at radius 2 is 1.96 bits per heavy atom. The summed E-state index contributed by atoms with van der Waals surface area (Å²) in [4.78, 5) is 11.6. The van der Waals surface area contributed by atoms with Gasteiger partial charge in [-0.05, 0) is 30.3 Å². The normalized spacial score (nSPS) is 11.0. The van der Waals surface area contributed by atoms with Crippen LogP contribution in [0.4, 0.5) is 0 Å². The molecule has 0 amide bonds. The number of halogens is 1. The van der Waals surface area contributed by atoms with Crippen molar-refractivity contribution in [1.82, 2.24) is 9.61 Å². The van der Waals surface area contributed by atoms with Crippen molar-refractivity contribution >= 4 is 23.1 Å². The Morgan fingerprint density at radius 3 is 2.73 bits per heavy atom. The molecule has 0 atom stereocenters. The van der Waals surface area contributed by atoms with Gasteiger partial charge in [-0.3, -0.25) is 0 Å². The SMILES string of the molecule is COC(=O)c1ccc(Cc2cc(Cl)cc3cc(-c4ccccc4)nn23)o1. The predicted molar refractivity (Wildman–Crippen MR) is 98.5 cm³/mol.